The number of hydrogen-bond acceptors (Lipinski definition) is 4. The molecule has 0 spiro atoms. The van der Waals surface area contributed by atoms with E-state index in [-0.39, 0.29) is 5.91 Å². The SMILES string of the molecule is CNC(=O)CCCNN1CCOCC1. The lowest BCUT2D eigenvalue weighted by atomic mass is 10.3. The van der Waals surface area contributed by atoms with E-state index in [0.717, 1.165) is 39.3 Å². The van der Waals surface area contributed by atoms with Crippen molar-refractivity contribution in [3.63, 3.8) is 0 Å². The van der Waals surface area contributed by atoms with Crippen molar-refractivity contribution in [2.45, 2.75) is 12.8 Å². The van der Waals surface area contributed by atoms with Gasteiger partial charge in [-0.15, -0.1) is 0 Å². The molecule has 5 nitrogen and oxygen atoms in total. The predicted molar refractivity (Wildman–Crippen MR) is 53.7 cm³/mol. The van der Waals surface area contributed by atoms with Gasteiger partial charge < -0.3 is 10.1 Å². The molecule has 0 bridgehead atoms. The summed E-state index contributed by atoms with van der Waals surface area (Å²) < 4.78 is 5.22. The molecule has 1 aliphatic heterocycles. The molecule has 1 aliphatic rings. The lowest BCUT2D eigenvalue weighted by Gasteiger charge is -2.27. The van der Waals surface area contributed by atoms with Crippen LogP contribution in [0.4, 0.5) is 0 Å². The monoisotopic (exact) mass is 201 g/mol. The second kappa shape index (κ2) is 6.75. The molecule has 0 radical (unpaired) electrons. The maximum absolute atomic E-state index is 10.9. The van der Waals surface area contributed by atoms with Crippen LogP contribution in [0, 0.1) is 0 Å². The standard InChI is InChI=1S/C9H19N3O2/c1-10-9(13)3-2-4-11-12-5-7-14-8-6-12/h11H,2-8H2,1H3,(H,10,13). The number of hydrazine groups is 1. The number of carbonyl (C=O) groups is 1. The van der Waals surface area contributed by atoms with E-state index in [4.69, 9.17) is 4.74 Å². The Balaban J connectivity index is 1.94. The van der Waals surface area contributed by atoms with Crippen LogP contribution in [-0.4, -0.2) is 50.8 Å². The molecular weight excluding hydrogens is 182 g/mol. The summed E-state index contributed by atoms with van der Waals surface area (Å²) in [6, 6.07) is 0. The van der Waals surface area contributed by atoms with Crippen LogP contribution < -0.4 is 10.7 Å². The van der Waals surface area contributed by atoms with E-state index in [1.165, 1.54) is 0 Å². The van der Waals surface area contributed by atoms with Crippen molar-refractivity contribution in [2.24, 2.45) is 0 Å². The van der Waals surface area contributed by atoms with Crippen molar-refractivity contribution in [1.82, 2.24) is 15.8 Å². The van der Waals surface area contributed by atoms with Gasteiger partial charge in [-0.3, -0.25) is 10.2 Å². The first-order chi connectivity index (χ1) is 6.83. The summed E-state index contributed by atoms with van der Waals surface area (Å²) in [5, 5.41) is 4.75. The highest BCUT2D eigenvalue weighted by molar-refractivity contribution is 5.75. The third-order valence-corrected chi connectivity index (χ3v) is 2.21. The number of carbonyl (C=O) groups excluding carboxylic acids is 1. The smallest absolute Gasteiger partial charge is 0.219 e. The van der Waals surface area contributed by atoms with E-state index in [9.17, 15) is 4.79 Å². The third kappa shape index (κ3) is 4.55. The van der Waals surface area contributed by atoms with Crippen molar-refractivity contribution in [1.29, 1.82) is 0 Å². The molecule has 0 atom stereocenters. The summed E-state index contributed by atoms with van der Waals surface area (Å²) in [5.41, 5.74) is 3.27. The topological polar surface area (TPSA) is 53.6 Å². The van der Waals surface area contributed by atoms with Crippen LogP contribution in [0.5, 0.6) is 0 Å². The summed E-state index contributed by atoms with van der Waals surface area (Å²) in [6.45, 7) is 4.30. The fraction of sp³-hybridized carbons (Fsp3) is 0.889. The van der Waals surface area contributed by atoms with E-state index in [1.807, 2.05) is 0 Å². The molecule has 82 valence electrons. The summed E-state index contributed by atoms with van der Waals surface area (Å²) in [5.74, 6) is 0.105. The van der Waals surface area contributed by atoms with E-state index >= 15 is 0 Å². The molecule has 0 aromatic heterocycles. The first-order valence-corrected chi connectivity index (χ1v) is 5.09. The quantitative estimate of drug-likeness (QED) is 0.580. The van der Waals surface area contributed by atoms with Crippen molar-refractivity contribution in [2.75, 3.05) is 39.9 Å². The van der Waals surface area contributed by atoms with Gasteiger partial charge in [0.2, 0.25) is 5.91 Å². The molecule has 5 heteroatoms. The molecule has 0 saturated carbocycles. The molecule has 1 heterocycles. The minimum atomic E-state index is 0.105. The van der Waals surface area contributed by atoms with Crippen LogP contribution >= 0.6 is 0 Å². The number of rotatable bonds is 5. The predicted octanol–water partition coefficient (Wildman–Crippen LogP) is -0.651. The Morgan fingerprint density at radius 2 is 2.14 bits per heavy atom. The number of ether oxygens (including phenoxy) is 1. The van der Waals surface area contributed by atoms with Crippen molar-refractivity contribution >= 4 is 5.91 Å². The van der Waals surface area contributed by atoms with Crippen molar-refractivity contribution < 1.29 is 9.53 Å². The maximum atomic E-state index is 10.9. The Hall–Kier alpha value is -0.650. The molecule has 1 saturated heterocycles. The Bertz CT molecular complexity index is 169. The van der Waals surface area contributed by atoms with Gasteiger partial charge in [0, 0.05) is 33.1 Å². The van der Waals surface area contributed by atoms with Crippen molar-refractivity contribution in [3.05, 3.63) is 0 Å². The lowest BCUT2D eigenvalue weighted by molar-refractivity contribution is -0.120. The highest BCUT2D eigenvalue weighted by Crippen LogP contribution is 1.93. The first-order valence-electron chi connectivity index (χ1n) is 5.09. The van der Waals surface area contributed by atoms with E-state index in [2.05, 4.69) is 15.8 Å². The van der Waals surface area contributed by atoms with Gasteiger partial charge in [0.05, 0.1) is 13.2 Å². The second-order valence-electron chi connectivity index (χ2n) is 3.28. The van der Waals surface area contributed by atoms with Gasteiger partial charge in [-0.25, -0.2) is 5.01 Å². The molecule has 0 aliphatic carbocycles. The molecule has 1 rings (SSSR count). The number of nitrogens with one attached hydrogen (secondary N) is 2. The zero-order valence-corrected chi connectivity index (χ0v) is 8.71. The molecule has 0 aromatic carbocycles. The van der Waals surface area contributed by atoms with Gasteiger partial charge >= 0.3 is 0 Å². The molecule has 1 fully saturated rings. The van der Waals surface area contributed by atoms with Crippen LogP contribution in [0.15, 0.2) is 0 Å². The van der Waals surface area contributed by atoms with Crippen LogP contribution in [0.1, 0.15) is 12.8 Å². The average Bonchev–Trinajstić information content (AvgIpc) is 2.25. The second-order valence-corrected chi connectivity index (χ2v) is 3.28. The van der Waals surface area contributed by atoms with Crippen LogP contribution in [-0.2, 0) is 9.53 Å². The molecule has 0 aromatic rings. The normalized spacial score (nSPS) is 18.1. The molecule has 1 amide bonds. The molecule has 2 N–H and O–H groups in total. The van der Waals surface area contributed by atoms with Crippen LogP contribution in [0.25, 0.3) is 0 Å². The first kappa shape index (κ1) is 11.4. The maximum Gasteiger partial charge on any atom is 0.219 e. The number of hydrogen-bond donors (Lipinski definition) is 2. The van der Waals surface area contributed by atoms with Crippen molar-refractivity contribution in [3.8, 4) is 0 Å². The lowest BCUT2D eigenvalue weighted by Crippen LogP contribution is -2.46. The third-order valence-electron chi connectivity index (χ3n) is 2.21. The minimum absolute atomic E-state index is 0.105. The van der Waals surface area contributed by atoms with E-state index in [0.29, 0.717) is 6.42 Å². The van der Waals surface area contributed by atoms with Gasteiger partial charge in [-0.2, -0.15) is 0 Å². The summed E-state index contributed by atoms with van der Waals surface area (Å²) in [4.78, 5) is 10.9. The van der Waals surface area contributed by atoms with Gasteiger partial charge in [0.25, 0.3) is 0 Å². The van der Waals surface area contributed by atoms with Crippen LogP contribution in [0.3, 0.4) is 0 Å². The summed E-state index contributed by atoms with van der Waals surface area (Å²) in [7, 11) is 1.66. The number of amides is 1. The fourth-order valence-corrected chi connectivity index (χ4v) is 1.33. The van der Waals surface area contributed by atoms with Gasteiger partial charge in [-0.1, -0.05) is 0 Å². The highest BCUT2D eigenvalue weighted by Gasteiger charge is 2.08. The zero-order valence-electron chi connectivity index (χ0n) is 8.71. The Labute approximate surface area is 84.8 Å². The van der Waals surface area contributed by atoms with Crippen LogP contribution in [0.2, 0.25) is 0 Å². The van der Waals surface area contributed by atoms with Gasteiger partial charge in [0.15, 0.2) is 0 Å². The zero-order chi connectivity index (χ0) is 10.2. The average molecular weight is 201 g/mol. The fourth-order valence-electron chi connectivity index (χ4n) is 1.33. The molecular formula is C9H19N3O2. The van der Waals surface area contributed by atoms with E-state index in [1.54, 1.807) is 7.05 Å². The van der Waals surface area contributed by atoms with Gasteiger partial charge in [0.1, 0.15) is 0 Å². The Kier molecular flexibility index (Phi) is 5.51. The highest BCUT2D eigenvalue weighted by atomic mass is 16.5. The number of morpholine rings is 1. The molecule has 14 heavy (non-hydrogen) atoms. The number of nitrogens with zero attached hydrogens (tertiary/aromatic N) is 1. The summed E-state index contributed by atoms with van der Waals surface area (Å²) in [6.07, 6.45) is 1.46. The molecule has 0 unspecified atom stereocenters. The van der Waals surface area contributed by atoms with Gasteiger partial charge in [-0.05, 0) is 6.42 Å². The Morgan fingerprint density at radius 3 is 2.79 bits per heavy atom. The minimum Gasteiger partial charge on any atom is -0.379 e. The largest absolute Gasteiger partial charge is 0.379 e. The Morgan fingerprint density at radius 1 is 1.43 bits per heavy atom. The summed E-state index contributed by atoms with van der Waals surface area (Å²) >= 11 is 0. The van der Waals surface area contributed by atoms with E-state index < -0.39 is 0 Å².